The third-order valence-electron chi connectivity index (χ3n) is 2.55. The van der Waals surface area contributed by atoms with Gasteiger partial charge in [-0.15, -0.1) is 0 Å². The normalized spacial score (nSPS) is 19.9. The van der Waals surface area contributed by atoms with Crippen LogP contribution in [-0.2, 0) is 11.3 Å². The van der Waals surface area contributed by atoms with Gasteiger partial charge in [0, 0.05) is 17.3 Å². The number of hydrogen-bond donors (Lipinski definition) is 1. The van der Waals surface area contributed by atoms with Gasteiger partial charge in [0.1, 0.15) is 0 Å². The van der Waals surface area contributed by atoms with Crippen LogP contribution < -0.4 is 5.56 Å². The molecule has 0 aromatic carbocycles. The number of ether oxygens (including phenoxy) is 1. The van der Waals surface area contributed by atoms with E-state index in [1.165, 1.54) is 18.6 Å². The Morgan fingerprint density at radius 2 is 2.40 bits per heavy atom. The Balaban J connectivity index is 2.32. The van der Waals surface area contributed by atoms with E-state index in [-0.39, 0.29) is 17.6 Å². The maximum Gasteiger partial charge on any atom is 0.409 e. The Kier molecular flexibility index (Phi) is 2.52. The predicted molar refractivity (Wildman–Crippen MR) is 56.2 cm³/mol. The van der Waals surface area contributed by atoms with Gasteiger partial charge < -0.3 is 9.64 Å². The summed E-state index contributed by atoms with van der Waals surface area (Å²) in [5, 5.41) is 0. The number of aromatic nitrogens is 1. The van der Waals surface area contributed by atoms with E-state index in [9.17, 15) is 9.59 Å². The first kappa shape index (κ1) is 10.2. The first-order chi connectivity index (χ1) is 7.13. The summed E-state index contributed by atoms with van der Waals surface area (Å²) in [6.45, 7) is 2.95. The van der Waals surface area contributed by atoms with Crippen LogP contribution in [0.1, 0.15) is 23.3 Å². The molecule has 1 aromatic rings. The number of methoxy groups -OCH3 is 1. The number of H-pyrrole nitrogens is 1. The molecule has 0 aliphatic carbocycles. The Labute approximate surface area is 90.8 Å². The molecule has 1 atom stereocenters. The van der Waals surface area contributed by atoms with Gasteiger partial charge in [0.2, 0.25) is 0 Å². The third kappa shape index (κ3) is 1.65. The Bertz CT molecular complexity index is 437. The van der Waals surface area contributed by atoms with Gasteiger partial charge >= 0.3 is 6.09 Å². The lowest BCUT2D eigenvalue weighted by Crippen LogP contribution is -2.38. The summed E-state index contributed by atoms with van der Waals surface area (Å²) in [7, 11) is 1.35. The highest BCUT2D eigenvalue weighted by atomic mass is 32.1. The summed E-state index contributed by atoms with van der Waals surface area (Å²) in [6.07, 6.45) is -0.377. The number of hydrogen-bond acceptors (Lipinski definition) is 4. The van der Waals surface area contributed by atoms with Crippen LogP contribution in [0.4, 0.5) is 4.79 Å². The fourth-order valence-electron chi connectivity index (χ4n) is 1.82. The number of rotatable bonds is 0. The van der Waals surface area contributed by atoms with Gasteiger partial charge in [-0.2, -0.15) is 0 Å². The van der Waals surface area contributed by atoms with Crippen molar-refractivity contribution in [3.63, 3.8) is 0 Å². The molecule has 2 rings (SSSR count). The standard InChI is InChI=1S/C9H12N2O3S/c1-5-3-11(9(13)14-2)4-6-7(5)15-10-8(6)12/h5H,3-4H2,1-2H3,(H,10,12). The fourth-order valence-corrected chi connectivity index (χ4v) is 2.70. The fraction of sp³-hybridized carbons (Fsp3) is 0.556. The molecule has 0 spiro atoms. The molecule has 1 aliphatic heterocycles. The smallest absolute Gasteiger partial charge is 0.409 e. The van der Waals surface area contributed by atoms with Gasteiger partial charge in [-0.3, -0.25) is 9.17 Å². The van der Waals surface area contributed by atoms with Crippen molar-refractivity contribution < 1.29 is 9.53 Å². The van der Waals surface area contributed by atoms with Crippen LogP contribution in [0.15, 0.2) is 4.79 Å². The summed E-state index contributed by atoms with van der Waals surface area (Å²) in [5.41, 5.74) is 0.611. The number of aromatic amines is 1. The summed E-state index contributed by atoms with van der Waals surface area (Å²) >= 11 is 1.37. The highest BCUT2D eigenvalue weighted by Crippen LogP contribution is 2.28. The van der Waals surface area contributed by atoms with E-state index in [1.54, 1.807) is 4.90 Å². The quantitative estimate of drug-likeness (QED) is 0.723. The average molecular weight is 228 g/mol. The van der Waals surface area contributed by atoms with E-state index in [0.717, 1.165) is 4.88 Å². The van der Waals surface area contributed by atoms with Crippen molar-refractivity contribution in [2.45, 2.75) is 19.4 Å². The van der Waals surface area contributed by atoms with Crippen LogP contribution in [0.2, 0.25) is 0 Å². The molecule has 1 aromatic heterocycles. The van der Waals surface area contributed by atoms with Crippen molar-refractivity contribution in [1.82, 2.24) is 9.27 Å². The molecule has 0 bridgehead atoms. The number of carbonyl (C=O) groups excluding carboxylic acids is 1. The second-order valence-corrected chi connectivity index (χ2v) is 4.48. The lowest BCUT2D eigenvalue weighted by atomic mass is 10.0. The Morgan fingerprint density at radius 1 is 1.67 bits per heavy atom. The zero-order valence-corrected chi connectivity index (χ0v) is 9.39. The first-order valence-electron chi connectivity index (χ1n) is 4.66. The van der Waals surface area contributed by atoms with Crippen molar-refractivity contribution in [3.8, 4) is 0 Å². The van der Waals surface area contributed by atoms with Gasteiger partial charge in [0.25, 0.3) is 5.56 Å². The topological polar surface area (TPSA) is 62.4 Å². The molecule has 82 valence electrons. The first-order valence-corrected chi connectivity index (χ1v) is 5.48. The van der Waals surface area contributed by atoms with Crippen LogP contribution in [-0.4, -0.2) is 29.0 Å². The van der Waals surface area contributed by atoms with Gasteiger partial charge in [0.05, 0.1) is 19.2 Å². The molecule has 0 saturated heterocycles. The van der Waals surface area contributed by atoms with Crippen LogP contribution in [0.25, 0.3) is 0 Å². The molecule has 5 nitrogen and oxygen atoms in total. The van der Waals surface area contributed by atoms with Gasteiger partial charge in [0.15, 0.2) is 0 Å². The minimum atomic E-state index is -0.377. The largest absolute Gasteiger partial charge is 0.453 e. The zero-order chi connectivity index (χ0) is 11.0. The second kappa shape index (κ2) is 3.69. The lowest BCUT2D eigenvalue weighted by molar-refractivity contribution is 0.115. The highest BCUT2D eigenvalue weighted by molar-refractivity contribution is 7.06. The number of nitrogens with one attached hydrogen (secondary N) is 1. The second-order valence-electron chi connectivity index (χ2n) is 3.63. The van der Waals surface area contributed by atoms with E-state index < -0.39 is 0 Å². The third-order valence-corrected chi connectivity index (χ3v) is 3.70. The van der Waals surface area contributed by atoms with E-state index in [0.29, 0.717) is 18.7 Å². The molecular weight excluding hydrogens is 216 g/mol. The number of nitrogens with zero attached hydrogens (tertiary/aromatic N) is 1. The molecule has 2 heterocycles. The Morgan fingerprint density at radius 3 is 3.07 bits per heavy atom. The zero-order valence-electron chi connectivity index (χ0n) is 8.57. The number of carbonyl (C=O) groups is 1. The van der Waals surface area contributed by atoms with Crippen molar-refractivity contribution in [2.75, 3.05) is 13.7 Å². The van der Waals surface area contributed by atoms with Crippen molar-refractivity contribution >= 4 is 17.6 Å². The van der Waals surface area contributed by atoms with Crippen molar-refractivity contribution in [1.29, 1.82) is 0 Å². The molecule has 0 fully saturated rings. The molecule has 15 heavy (non-hydrogen) atoms. The SMILES string of the molecule is COC(=O)N1Cc2c(s[nH]c2=O)C(C)C1. The van der Waals surface area contributed by atoms with Crippen LogP contribution in [0.5, 0.6) is 0 Å². The average Bonchev–Trinajstić information content (AvgIpc) is 2.60. The van der Waals surface area contributed by atoms with Crippen LogP contribution in [0.3, 0.4) is 0 Å². The molecule has 0 radical (unpaired) electrons. The summed E-state index contributed by atoms with van der Waals surface area (Å²) in [6, 6.07) is 0. The van der Waals surface area contributed by atoms with Gasteiger partial charge in [-0.1, -0.05) is 18.5 Å². The van der Waals surface area contributed by atoms with E-state index in [1.807, 2.05) is 6.92 Å². The van der Waals surface area contributed by atoms with E-state index >= 15 is 0 Å². The summed E-state index contributed by atoms with van der Waals surface area (Å²) in [5.74, 6) is 0.191. The highest BCUT2D eigenvalue weighted by Gasteiger charge is 2.29. The predicted octanol–water partition coefficient (Wildman–Crippen LogP) is 1.12. The maximum atomic E-state index is 11.4. The minimum absolute atomic E-state index is 0.0875. The monoisotopic (exact) mass is 228 g/mol. The Hall–Kier alpha value is -1.30. The van der Waals surface area contributed by atoms with Gasteiger partial charge in [-0.05, 0) is 0 Å². The van der Waals surface area contributed by atoms with Crippen molar-refractivity contribution in [3.05, 3.63) is 20.8 Å². The lowest BCUT2D eigenvalue weighted by Gasteiger charge is -2.28. The van der Waals surface area contributed by atoms with Crippen LogP contribution in [0, 0.1) is 0 Å². The molecule has 0 saturated carbocycles. The summed E-state index contributed by atoms with van der Waals surface area (Å²) < 4.78 is 7.34. The molecule has 1 aliphatic rings. The number of amides is 1. The van der Waals surface area contributed by atoms with Crippen LogP contribution >= 0.6 is 11.5 Å². The molecule has 1 N–H and O–H groups in total. The summed E-state index contributed by atoms with van der Waals surface area (Å²) in [4.78, 5) is 25.4. The minimum Gasteiger partial charge on any atom is -0.453 e. The number of fused-ring (bicyclic) bond motifs is 1. The molecule has 1 amide bonds. The maximum absolute atomic E-state index is 11.4. The van der Waals surface area contributed by atoms with E-state index in [2.05, 4.69) is 9.11 Å². The van der Waals surface area contributed by atoms with E-state index in [4.69, 9.17) is 0 Å². The molecule has 1 unspecified atom stereocenters. The van der Waals surface area contributed by atoms with Crippen molar-refractivity contribution in [2.24, 2.45) is 0 Å². The molecule has 6 heteroatoms. The molecular formula is C9H12N2O3S. The van der Waals surface area contributed by atoms with Gasteiger partial charge in [-0.25, -0.2) is 4.79 Å².